The van der Waals surface area contributed by atoms with Gasteiger partial charge in [0.1, 0.15) is 0 Å². The first-order chi connectivity index (χ1) is 3.41. The summed E-state index contributed by atoms with van der Waals surface area (Å²) in [5.41, 5.74) is 0. The van der Waals surface area contributed by atoms with Gasteiger partial charge >= 0.3 is 0 Å². The van der Waals surface area contributed by atoms with Gasteiger partial charge in [-0.05, 0) is 13.1 Å². The van der Waals surface area contributed by atoms with E-state index in [1.54, 1.807) is 6.20 Å². The second-order valence-corrected chi connectivity index (χ2v) is 0.944. The van der Waals surface area contributed by atoms with Crippen LogP contribution in [0.5, 0.6) is 0 Å². The Balaban J connectivity index is 2.87. The molecule has 0 unspecified atom stereocenters. The first-order valence-electron chi connectivity index (χ1n) is 1.95. The number of rotatable bonds is 2. The SMILES string of the molecule is [CH]/C=C/NCC#C. The van der Waals surface area contributed by atoms with Gasteiger partial charge in [0.05, 0.1) is 6.54 Å². The summed E-state index contributed by atoms with van der Waals surface area (Å²) in [6, 6.07) is 0. The minimum Gasteiger partial charge on any atom is -0.380 e. The minimum absolute atomic E-state index is 0.535. The van der Waals surface area contributed by atoms with Gasteiger partial charge in [0, 0.05) is 0 Å². The maximum atomic E-state index is 4.96. The molecule has 0 fully saturated rings. The molecule has 0 aliphatic rings. The molecule has 2 radical (unpaired) electrons. The molecule has 0 amide bonds. The predicted octanol–water partition coefficient (Wildman–Crippen LogP) is 0.434. The van der Waals surface area contributed by atoms with E-state index >= 15 is 0 Å². The van der Waals surface area contributed by atoms with Crippen molar-refractivity contribution in [1.82, 2.24) is 5.32 Å². The normalized spacial score (nSPS) is 8.57. The Bertz CT molecular complexity index is 86.8. The van der Waals surface area contributed by atoms with Crippen molar-refractivity contribution in [2.24, 2.45) is 0 Å². The van der Waals surface area contributed by atoms with Gasteiger partial charge in [0.15, 0.2) is 0 Å². The molecule has 0 saturated heterocycles. The number of terminal acetylenes is 1. The van der Waals surface area contributed by atoms with Crippen LogP contribution in [0.25, 0.3) is 0 Å². The van der Waals surface area contributed by atoms with Gasteiger partial charge in [-0.1, -0.05) is 12.0 Å². The molecule has 0 aromatic heterocycles. The van der Waals surface area contributed by atoms with Crippen molar-refractivity contribution < 1.29 is 0 Å². The fraction of sp³-hybridized carbons (Fsp3) is 0.167. The summed E-state index contributed by atoms with van der Waals surface area (Å²) in [4.78, 5) is 0. The number of hydrogen-bond donors (Lipinski definition) is 1. The molecule has 0 atom stereocenters. The van der Waals surface area contributed by atoms with Crippen LogP contribution in [0.1, 0.15) is 0 Å². The van der Waals surface area contributed by atoms with Crippen molar-refractivity contribution in [3.63, 3.8) is 0 Å². The molecular formula is C6H7N. The Labute approximate surface area is 44.4 Å². The summed E-state index contributed by atoms with van der Waals surface area (Å²) in [6.07, 6.45) is 7.88. The lowest BCUT2D eigenvalue weighted by molar-refractivity contribution is 1.01. The third-order valence-electron chi connectivity index (χ3n) is 0.418. The van der Waals surface area contributed by atoms with Gasteiger partial charge in [-0.3, -0.25) is 0 Å². The fourth-order valence-electron chi connectivity index (χ4n) is 0.186. The van der Waals surface area contributed by atoms with E-state index in [4.69, 9.17) is 13.3 Å². The Morgan fingerprint density at radius 1 is 1.71 bits per heavy atom. The molecule has 0 bridgehead atoms. The Morgan fingerprint density at radius 3 is 2.86 bits per heavy atom. The smallest absolute Gasteiger partial charge is 0.0758 e. The van der Waals surface area contributed by atoms with Crippen molar-refractivity contribution in [1.29, 1.82) is 0 Å². The zero-order chi connectivity index (χ0) is 5.54. The Hall–Kier alpha value is -0.900. The van der Waals surface area contributed by atoms with Gasteiger partial charge in [-0.2, -0.15) is 0 Å². The van der Waals surface area contributed by atoms with Crippen LogP contribution in [-0.4, -0.2) is 6.54 Å². The third-order valence-corrected chi connectivity index (χ3v) is 0.418. The zero-order valence-electron chi connectivity index (χ0n) is 4.02. The highest BCUT2D eigenvalue weighted by molar-refractivity contribution is 4.91. The molecule has 7 heavy (non-hydrogen) atoms. The second-order valence-electron chi connectivity index (χ2n) is 0.944. The number of nitrogens with one attached hydrogen (secondary N) is 1. The largest absolute Gasteiger partial charge is 0.380 e. The highest BCUT2D eigenvalue weighted by atomic mass is 14.8. The predicted molar refractivity (Wildman–Crippen MR) is 30.3 cm³/mol. The van der Waals surface area contributed by atoms with E-state index in [9.17, 15) is 0 Å². The molecule has 0 spiro atoms. The molecule has 0 aliphatic carbocycles. The molecular weight excluding hydrogens is 86.1 g/mol. The Kier molecular flexibility index (Phi) is 4.44. The Morgan fingerprint density at radius 2 is 2.43 bits per heavy atom. The third kappa shape index (κ3) is 5.10. The summed E-state index contributed by atoms with van der Waals surface area (Å²) in [6.45, 7) is 5.49. The van der Waals surface area contributed by atoms with Crippen molar-refractivity contribution in [2.45, 2.75) is 0 Å². The molecule has 0 heterocycles. The average Bonchev–Trinajstić information content (AvgIpc) is 1.69. The van der Waals surface area contributed by atoms with Crippen LogP contribution in [0, 0.1) is 19.3 Å². The van der Waals surface area contributed by atoms with Gasteiger partial charge in [-0.25, -0.2) is 0 Å². The quantitative estimate of drug-likeness (QED) is 0.385. The summed E-state index contributed by atoms with van der Waals surface area (Å²) >= 11 is 0. The lowest BCUT2D eigenvalue weighted by Gasteiger charge is -1.85. The summed E-state index contributed by atoms with van der Waals surface area (Å²) < 4.78 is 0. The highest BCUT2D eigenvalue weighted by Gasteiger charge is 1.62. The van der Waals surface area contributed by atoms with E-state index in [2.05, 4.69) is 11.2 Å². The lowest BCUT2D eigenvalue weighted by Crippen LogP contribution is -2.02. The van der Waals surface area contributed by atoms with Crippen molar-refractivity contribution in [2.75, 3.05) is 6.54 Å². The first-order valence-corrected chi connectivity index (χ1v) is 1.95. The maximum absolute atomic E-state index is 4.96. The summed E-state index contributed by atoms with van der Waals surface area (Å²) in [7, 11) is 0. The van der Waals surface area contributed by atoms with Gasteiger partial charge in [0.25, 0.3) is 0 Å². The molecule has 0 aromatic carbocycles. The summed E-state index contributed by atoms with van der Waals surface area (Å²) in [5, 5.41) is 2.74. The van der Waals surface area contributed by atoms with Crippen LogP contribution in [-0.2, 0) is 0 Å². The van der Waals surface area contributed by atoms with Crippen molar-refractivity contribution >= 4 is 0 Å². The minimum atomic E-state index is 0.535. The topological polar surface area (TPSA) is 12.0 Å². The van der Waals surface area contributed by atoms with Crippen LogP contribution in [0.15, 0.2) is 12.3 Å². The fourth-order valence-corrected chi connectivity index (χ4v) is 0.186. The van der Waals surface area contributed by atoms with E-state index in [0.29, 0.717) is 6.54 Å². The maximum Gasteiger partial charge on any atom is 0.0758 e. The molecule has 0 aromatic rings. The highest BCUT2D eigenvalue weighted by Crippen LogP contribution is 1.58. The molecule has 1 N–H and O–H groups in total. The van der Waals surface area contributed by atoms with Crippen molar-refractivity contribution in [3.05, 3.63) is 19.2 Å². The molecule has 0 saturated carbocycles. The van der Waals surface area contributed by atoms with Crippen LogP contribution < -0.4 is 5.32 Å². The zero-order valence-corrected chi connectivity index (χ0v) is 4.02. The standard InChI is InChI=1S/C6H7N/c1-3-5-7-6-4-2/h1-3,5,7H,6H2/b5-3+. The van der Waals surface area contributed by atoms with Gasteiger partial charge in [-0.15, -0.1) is 6.42 Å². The second kappa shape index (κ2) is 5.10. The van der Waals surface area contributed by atoms with Crippen LogP contribution in [0.4, 0.5) is 0 Å². The monoisotopic (exact) mass is 93.1 g/mol. The van der Waals surface area contributed by atoms with E-state index in [1.807, 2.05) is 0 Å². The van der Waals surface area contributed by atoms with Crippen LogP contribution >= 0.6 is 0 Å². The summed E-state index contributed by atoms with van der Waals surface area (Å²) in [5.74, 6) is 2.38. The van der Waals surface area contributed by atoms with E-state index in [1.165, 1.54) is 6.08 Å². The number of hydrogen-bond acceptors (Lipinski definition) is 1. The molecule has 36 valence electrons. The lowest BCUT2D eigenvalue weighted by atomic mass is 10.6. The first kappa shape index (κ1) is 6.10. The van der Waals surface area contributed by atoms with Crippen molar-refractivity contribution in [3.8, 4) is 12.3 Å². The van der Waals surface area contributed by atoms with E-state index in [0.717, 1.165) is 0 Å². The van der Waals surface area contributed by atoms with Gasteiger partial charge in [0.2, 0.25) is 0 Å². The molecule has 1 heteroatoms. The van der Waals surface area contributed by atoms with Crippen LogP contribution in [0.2, 0.25) is 0 Å². The van der Waals surface area contributed by atoms with Gasteiger partial charge < -0.3 is 5.32 Å². The average molecular weight is 93.1 g/mol. The van der Waals surface area contributed by atoms with E-state index < -0.39 is 0 Å². The van der Waals surface area contributed by atoms with E-state index in [-0.39, 0.29) is 0 Å². The molecule has 0 rings (SSSR count). The number of allylic oxidation sites excluding steroid dienone is 1. The molecule has 0 aliphatic heterocycles. The molecule has 1 nitrogen and oxygen atoms in total. The van der Waals surface area contributed by atoms with Crippen LogP contribution in [0.3, 0.4) is 0 Å².